The average molecular weight is 216 g/mol. The van der Waals surface area contributed by atoms with Crippen LogP contribution in [0.3, 0.4) is 0 Å². The lowest BCUT2D eigenvalue weighted by Gasteiger charge is -2.51. The van der Waals surface area contributed by atoms with Crippen molar-refractivity contribution < 1.29 is 0 Å². The Balaban J connectivity index is 2.70. The molecule has 1 aliphatic carbocycles. The molecule has 1 aromatic carbocycles. The molecule has 2 atom stereocenters. The summed E-state index contributed by atoms with van der Waals surface area (Å²) in [6, 6.07) is 9.00. The molecule has 0 fully saturated rings. The van der Waals surface area contributed by atoms with E-state index < -0.39 is 0 Å². The van der Waals surface area contributed by atoms with E-state index in [1.165, 1.54) is 0 Å². The van der Waals surface area contributed by atoms with Crippen LogP contribution in [0.2, 0.25) is 0 Å². The molecule has 0 N–H and O–H groups in total. The second-order valence-electron chi connectivity index (χ2n) is 6.57. The van der Waals surface area contributed by atoms with Gasteiger partial charge in [-0.25, -0.2) is 0 Å². The van der Waals surface area contributed by atoms with Crippen LogP contribution in [0.25, 0.3) is 0 Å². The highest BCUT2D eigenvalue weighted by molar-refractivity contribution is 5.42. The van der Waals surface area contributed by atoms with Crippen LogP contribution in [0.4, 0.5) is 0 Å². The van der Waals surface area contributed by atoms with Crippen LogP contribution in [0.15, 0.2) is 24.3 Å². The zero-order valence-corrected chi connectivity index (χ0v) is 11.5. The third-order valence-corrected chi connectivity index (χ3v) is 5.34. The highest BCUT2D eigenvalue weighted by Gasteiger charge is 2.46. The molecule has 0 spiro atoms. The number of benzene rings is 1. The van der Waals surface area contributed by atoms with Crippen LogP contribution >= 0.6 is 0 Å². The maximum Gasteiger partial charge on any atom is -0.00722 e. The van der Waals surface area contributed by atoms with E-state index in [1.54, 1.807) is 11.1 Å². The summed E-state index contributed by atoms with van der Waals surface area (Å²) >= 11 is 0. The zero-order valence-electron chi connectivity index (χ0n) is 11.5. The maximum absolute atomic E-state index is 2.41. The van der Waals surface area contributed by atoms with Crippen molar-refractivity contribution in [1.82, 2.24) is 0 Å². The predicted octanol–water partition coefficient (Wildman–Crippen LogP) is 4.53. The molecule has 0 heteroatoms. The van der Waals surface area contributed by atoms with E-state index in [-0.39, 0.29) is 0 Å². The first-order valence-corrected chi connectivity index (χ1v) is 6.39. The van der Waals surface area contributed by atoms with Crippen molar-refractivity contribution in [3.63, 3.8) is 0 Å². The van der Waals surface area contributed by atoms with Gasteiger partial charge in [0.05, 0.1) is 0 Å². The Kier molecular flexibility index (Phi) is 2.45. The smallest absolute Gasteiger partial charge is 0.00722 e. The molecule has 0 saturated heterocycles. The van der Waals surface area contributed by atoms with Crippen molar-refractivity contribution in [3.8, 4) is 0 Å². The Labute approximate surface area is 100 Å². The molecule has 0 radical (unpaired) electrons. The zero-order chi connectivity index (χ0) is 12.1. The second kappa shape index (κ2) is 3.35. The van der Waals surface area contributed by atoms with Crippen molar-refractivity contribution in [2.24, 2.45) is 11.8 Å². The lowest BCUT2D eigenvalue weighted by atomic mass is 9.53. The maximum atomic E-state index is 2.41. The Morgan fingerprint density at radius 1 is 0.750 bits per heavy atom. The number of hydrogen-bond donors (Lipinski definition) is 0. The van der Waals surface area contributed by atoms with Crippen LogP contribution in [0.5, 0.6) is 0 Å². The molecule has 88 valence electrons. The minimum atomic E-state index is 0.297. The highest BCUT2D eigenvalue weighted by atomic mass is 14.5. The number of fused-ring (bicyclic) bond motifs is 1. The molecule has 0 amide bonds. The summed E-state index contributed by atoms with van der Waals surface area (Å²) in [5.74, 6) is 1.44. The summed E-state index contributed by atoms with van der Waals surface area (Å²) in [4.78, 5) is 0. The van der Waals surface area contributed by atoms with Gasteiger partial charge in [0.25, 0.3) is 0 Å². The lowest BCUT2D eigenvalue weighted by Crippen LogP contribution is -2.46. The van der Waals surface area contributed by atoms with Crippen LogP contribution in [-0.4, -0.2) is 0 Å². The monoisotopic (exact) mass is 216 g/mol. The summed E-state index contributed by atoms with van der Waals surface area (Å²) in [6.45, 7) is 14.4. The molecule has 0 unspecified atom stereocenters. The fraction of sp³-hybridized carbons (Fsp3) is 0.625. The van der Waals surface area contributed by atoms with Gasteiger partial charge in [0.1, 0.15) is 0 Å². The van der Waals surface area contributed by atoms with Gasteiger partial charge >= 0.3 is 0 Å². The molecule has 0 bridgehead atoms. The normalized spacial score (nSPS) is 30.9. The lowest BCUT2D eigenvalue weighted by molar-refractivity contribution is 0.145. The first-order chi connectivity index (χ1) is 7.29. The third kappa shape index (κ3) is 1.35. The van der Waals surface area contributed by atoms with Gasteiger partial charge in [-0.1, -0.05) is 65.8 Å². The largest absolute Gasteiger partial charge is 0.0620 e. The Bertz CT molecular complexity index is 359. The van der Waals surface area contributed by atoms with Crippen LogP contribution < -0.4 is 0 Å². The molecule has 1 aliphatic rings. The van der Waals surface area contributed by atoms with Gasteiger partial charge in [-0.05, 0) is 33.8 Å². The van der Waals surface area contributed by atoms with Gasteiger partial charge in [-0.3, -0.25) is 0 Å². The summed E-state index contributed by atoms with van der Waals surface area (Å²) in [6.07, 6.45) is 0. The van der Waals surface area contributed by atoms with Gasteiger partial charge in [0, 0.05) is 0 Å². The Morgan fingerprint density at radius 2 is 1.06 bits per heavy atom. The molecule has 0 saturated carbocycles. The van der Waals surface area contributed by atoms with Crippen molar-refractivity contribution >= 4 is 0 Å². The molecular weight excluding hydrogens is 192 g/mol. The Hall–Kier alpha value is -0.780. The van der Waals surface area contributed by atoms with Crippen LogP contribution in [0.1, 0.15) is 52.7 Å². The van der Waals surface area contributed by atoms with Crippen LogP contribution in [0, 0.1) is 11.8 Å². The van der Waals surface area contributed by atoms with E-state index in [1.807, 2.05) is 0 Å². The average Bonchev–Trinajstić information content (AvgIpc) is 2.25. The SMILES string of the molecule is C[C@H]1[C@H](C)C(C)(C)c2ccccc2C1(C)C. The molecule has 0 aliphatic heterocycles. The molecule has 0 aromatic heterocycles. The first-order valence-electron chi connectivity index (χ1n) is 6.39. The molecule has 2 rings (SSSR count). The van der Waals surface area contributed by atoms with Gasteiger partial charge in [0.15, 0.2) is 0 Å². The molecule has 1 aromatic rings. The first kappa shape index (κ1) is 11.7. The fourth-order valence-corrected chi connectivity index (χ4v) is 3.35. The van der Waals surface area contributed by atoms with E-state index in [0.717, 1.165) is 11.8 Å². The quantitative estimate of drug-likeness (QED) is 0.598. The molecule has 0 heterocycles. The highest BCUT2D eigenvalue weighted by Crippen LogP contribution is 2.51. The summed E-state index contributed by atoms with van der Waals surface area (Å²) in [5.41, 5.74) is 3.69. The van der Waals surface area contributed by atoms with E-state index in [0.29, 0.717) is 10.8 Å². The topological polar surface area (TPSA) is 0 Å². The standard InChI is InChI=1S/C16H24/c1-11-12(2)16(5,6)14-10-8-7-9-13(14)15(11,3)4/h7-12H,1-6H3/t11-,12-/m0/s1. The van der Waals surface area contributed by atoms with E-state index >= 15 is 0 Å². The van der Waals surface area contributed by atoms with E-state index in [9.17, 15) is 0 Å². The van der Waals surface area contributed by atoms with Gasteiger partial charge < -0.3 is 0 Å². The minimum absolute atomic E-state index is 0.297. The summed E-state index contributed by atoms with van der Waals surface area (Å²) in [5, 5.41) is 0. The van der Waals surface area contributed by atoms with Crippen molar-refractivity contribution in [2.45, 2.75) is 52.4 Å². The molecular formula is C16H24. The van der Waals surface area contributed by atoms with E-state index in [4.69, 9.17) is 0 Å². The van der Waals surface area contributed by atoms with Gasteiger partial charge in [-0.2, -0.15) is 0 Å². The number of hydrogen-bond acceptors (Lipinski definition) is 0. The van der Waals surface area contributed by atoms with Crippen LogP contribution in [-0.2, 0) is 10.8 Å². The third-order valence-electron chi connectivity index (χ3n) is 5.34. The molecule has 0 nitrogen and oxygen atoms in total. The predicted molar refractivity (Wildman–Crippen MR) is 70.8 cm³/mol. The Morgan fingerprint density at radius 3 is 1.38 bits per heavy atom. The number of rotatable bonds is 0. The van der Waals surface area contributed by atoms with Crippen molar-refractivity contribution in [1.29, 1.82) is 0 Å². The summed E-state index contributed by atoms with van der Waals surface area (Å²) in [7, 11) is 0. The van der Waals surface area contributed by atoms with Gasteiger partial charge in [0.2, 0.25) is 0 Å². The minimum Gasteiger partial charge on any atom is -0.0620 e. The molecule has 16 heavy (non-hydrogen) atoms. The summed E-state index contributed by atoms with van der Waals surface area (Å²) < 4.78 is 0. The second-order valence-corrected chi connectivity index (χ2v) is 6.57. The van der Waals surface area contributed by atoms with E-state index in [2.05, 4.69) is 65.8 Å². The van der Waals surface area contributed by atoms with Crippen molar-refractivity contribution in [3.05, 3.63) is 35.4 Å². The van der Waals surface area contributed by atoms with Gasteiger partial charge in [-0.15, -0.1) is 0 Å². The fourth-order valence-electron chi connectivity index (χ4n) is 3.35. The van der Waals surface area contributed by atoms with Crippen molar-refractivity contribution in [2.75, 3.05) is 0 Å².